The molecule has 0 heterocycles. The van der Waals surface area contributed by atoms with Gasteiger partial charge >= 0.3 is 12.1 Å². The minimum Gasteiger partial charge on any atom is -0.508 e. The van der Waals surface area contributed by atoms with Gasteiger partial charge in [-0.2, -0.15) is 0 Å². The van der Waals surface area contributed by atoms with Gasteiger partial charge in [0.25, 0.3) is 0 Å². The first-order chi connectivity index (χ1) is 14.7. The van der Waals surface area contributed by atoms with Crippen LogP contribution in [0, 0.1) is 0 Å². The maximum Gasteiger partial charge on any atom is 0.412 e. The smallest absolute Gasteiger partial charge is 0.412 e. The van der Waals surface area contributed by atoms with Crippen molar-refractivity contribution in [1.82, 2.24) is 10.6 Å². The van der Waals surface area contributed by atoms with Crippen molar-refractivity contribution in [3.8, 4) is 11.5 Å². The number of amides is 3. The molecule has 4 N–H and O–H groups in total. The lowest BCUT2D eigenvalue weighted by Crippen LogP contribution is -2.43. The van der Waals surface area contributed by atoms with Gasteiger partial charge in [0.05, 0.1) is 5.69 Å². The van der Waals surface area contributed by atoms with Gasteiger partial charge in [0.1, 0.15) is 5.75 Å². The minimum absolute atomic E-state index is 0.00520. The third-order valence-electron chi connectivity index (χ3n) is 4.41. The highest BCUT2D eigenvalue weighted by molar-refractivity contribution is 5.92. The largest absolute Gasteiger partial charge is 0.508 e. The number of urea groups is 1. The van der Waals surface area contributed by atoms with Crippen molar-refractivity contribution in [1.29, 1.82) is 0 Å². The number of phenols is 1. The van der Waals surface area contributed by atoms with Gasteiger partial charge in [0.15, 0.2) is 5.75 Å². The summed E-state index contributed by atoms with van der Waals surface area (Å²) in [6.07, 6.45) is 2.77. The number of unbranched alkanes of at least 4 members (excludes halogenated alkanes) is 2. The van der Waals surface area contributed by atoms with Crippen LogP contribution in [0.2, 0.25) is 0 Å². The number of aromatic hydroxyl groups is 1. The molecule has 2 aromatic rings. The standard InChI is InChI=1S/C24H33N3O4/c1-5-6-10-13-25-23(30)31-21-15-18(14-17-11-8-7-9-12-17)20(28)16-19(21)26-22(29)27-24(2,3)4/h7-9,11-12,15-16,28H,5-6,10,13-14H2,1-4H3,(H,25,30)(H2,26,27,29). The zero-order valence-electron chi connectivity index (χ0n) is 18.7. The number of anilines is 1. The van der Waals surface area contributed by atoms with E-state index in [1.807, 2.05) is 51.1 Å². The van der Waals surface area contributed by atoms with Crippen molar-refractivity contribution in [3.05, 3.63) is 53.6 Å². The Morgan fingerprint density at radius 1 is 1.06 bits per heavy atom. The zero-order valence-corrected chi connectivity index (χ0v) is 18.7. The highest BCUT2D eigenvalue weighted by Gasteiger charge is 2.19. The Kier molecular flexibility index (Phi) is 8.73. The predicted octanol–water partition coefficient (Wildman–Crippen LogP) is 5.18. The molecule has 0 aliphatic rings. The summed E-state index contributed by atoms with van der Waals surface area (Å²) in [4.78, 5) is 24.6. The predicted molar refractivity (Wildman–Crippen MR) is 123 cm³/mol. The summed E-state index contributed by atoms with van der Waals surface area (Å²) >= 11 is 0. The molecule has 0 saturated carbocycles. The fourth-order valence-corrected chi connectivity index (χ4v) is 2.95. The van der Waals surface area contributed by atoms with Crippen molar-refractivity contribution in [3.63, 3.8) is 0 Å². The molecule has 7 heteroatoms. The lowest BCUT2D eigenvalue weighted by Gasteiger charge is -2.22. The van der Waals surface area contributed by atoms with Crippen molar-refractivity contribution in [2.45, 2.75) is 58.9 Å². The summed E-state index contributed by atoms with van der Waals surface area (Å²) in [7, 11) is 0. The maximum absolute atomic E-state index is 12.3. The summed E-state index contributed by atoms with van der Waals surface area (Å²) in [6, 6.07) is 12.2. The molecule has 0 unspecified atom stereocenters. The van der Waals surface area contributed by atoms with Crippen LogP contribution in [-0.4, -0.2) is 29.3 Å². The van der Waals surface area contributed by atoms with Crippen molar-refractivity contribution in [2.75, 3.05) is 11.9 Å². The number of hydrogen-bond acceptors (Lipinski definition) is 4. The molecule has 31 heavy (non-hydrogen) atoms. The molecule has 7 nitrogen and oxygen atoms in total. The first kappa shape index (κ1) is 24.1. The van der Waals surface area contributed by atoms with Gasteiger partial charge in [-0.25, -0.2) is 9.59 Å². The van der Waals surface area contributed by atoms with Crippen LogP contribution >= 0.6 is 0 Å². The van der Waals surface area contributed by atoms with Gasteiger partial charge in [-0.05, 0) is 38.8 Å². The Labute approximate surface area is 184 Å². The molecule has 0 spiro atoms. The van der Waals surface area contributed by atoms with Gasteiger partial charge in [0, 0.05) is 30.1 Å². The van der Waals surface area contributed by atoms with Gasteiger partial charge in [-0.15, -0.1) is 0 Å². The van der Waals surface area contributed by atoms with E-state index in [1.54, 1.807) is 6.07 Å². The Bertz CT molecular complexity index is 876. The SMILES string of the molecule is CCCCCNC(=O)Oc1cc(Cc2ccccc2)c(O)cc1NC(=O)NC(C)(C)C. The van der Waals surface area contributed by atoms with E-state index in [4.69, 9.17) is 4.74 Å². The van der Waals surface area contributed by atoms with Gasteiger partial charge < -0.3 is 25.8 Å². The van der Waals surface area contributed by atoms with Crippen LogP contribution in [0.1, 0.15) is 58.1 Å². The van der Waals surface area contributed by atoms with Crippen LogP contribution in [0.3, 0.4) is 0 Å². The van der Waals surface area contributed by atoms with E-state index in [0.717, 1.165) is 24.8 Å². The van der Waals surface area contributed by atoms with E-state index in [1.165, 1.54) is 6.07 Å². The molecule has 2 aromatic carbocycles. The van der Waals surface area contributed by atoms with Gasteiger partial charge in [0.2, 0.25) is 0 Å². The number of ether oxygens (including phenoxy) is 1. The van der Waals surface area contributed by atoms with Crippen LogP contribution in [-0.2, 0) is 6.42 Å². The maximum atomic E-state index is 12.3. The van der Waals surface area contributed by atoms with Gasteiger partial charge in [-0.3, -0.25) is 0 Å². The molecule has 0 radical (unpaired) electrons. The number of rotatable bonds is 8. The molecule has 0 saturated heterocycles. The molecule has 0 aliphatic carbocycles. The Morgan fingerprint density at radius 2 is 1.77 bits per heavy atom. The summed E-state index contributed by atoms with van der Waals surface area (Å²) < 4.78 is 5.49. The topological polar surface area (TPSA) is 99.7 Å². The highest BCUT2D eigenvalue weighted by Crippen LogP contribution is 2.34. The van der Waals surface area contributed by atoms with Crippen LogP contribution in [0.15, 0.2) is 42.5 Å². The third kappa shape index (κ3) is 8.58. The van der Waals surface area contributed by atoms with Crippen molar-refractivity contribution < 1.29 is 19.4 Å². The third-order valence-corrected chi connectivity index (χ3v) is 4.41. The second-order valence-electron chi connectivity index (χ2n) is 8.49. The van der Waals surface area contributed by atoms with E-state index in [0.29, 0.717) is 18.5 Å². The van der Waals surface area contributed by atoms with Crippen LogP contribution in [0.4, 0.5) is 15.3 Å². The molecule has 0 atom stereocenters. The highest BCUT2D eigenvalue weighted by atomic mass is 16.6. The molecule has 3 amide bonds. The normalized spacial score (nSPS) is 11.0. The number of benzene rings is 2. The number of hydrogen-bond donors (Lipinski definition) is 4. The lowest BCUT2D eigenvalue weighted by atomic mass is 10.0. The van der Waals surface area contributed by atoms with E-state index in [-0.39, 0.29) is 17.2 Å². The molecule has 168 valence electrons. The quantitative estimate of drug-likeness (QED) is 0.436. The Hall–Kier alpha value is -3.22. The molecular weight excluding hydrogens is 394 g/mol. The Balaban J connectivity index is 2.24. The van der Waals surface area contributed by atoms with E-state index < -0.39 is 17.7 Å². The second kappa shape index (κ2) is 11.2. The summed E-state index contributed by atoms with van der Waals surface area (Å²) in [5.74, 6) is 0.173. The van der Waals surface area contributed by atoms with E-state index in [9.17, 15) is 14.7 Å². The van der Waals surface area contributed by atoms with Gasteiger partial charge in [-0.1, -0.05) is 50.1 Å². The van der Waals surface area contributed by atoms with Crippen LogP contribution in [0.25, 0.3) is 0 Å². The summed E-state index contributed by atoms with van der Waals surface area (Å²) in [6.45, 7) is 8.16. The number of nitrogens with one attached hydrogen (secondary N) is 3. The number of phenolic OH excluding ortho intramolecular Hbond substituents is 1. The zero-order chi connectivity index (χ0) is 22.9. The minimum atomic E-state index is -0.605. The second-order valence-corrected chi connectivity index (χ2v) is 8.49. The molecule has 0 bridgehead atoms. The van der Waals surface area contributed by atoms with Crippen LogP contribution in [0.5, 0.6) is 11.5 Å². The molecule has 0 aliphatic heterocycles. The van der Waals surface area contributed by atoms with Crippen molar-refractivity contribution in [2.24, 2.45) is 0 Å². The number of carbonyl (C=O) groups excluding carboxylic acids is 2. The average Bonchev–Trinajstić information content (AvgIpc) is 2.68. The first-order valence-corrected chi connectivity index (χ1v) is 10.6. The first-order valence-electron chi connectivity index (χ1n) is 10.6. The van der Waals surface area contributed by atoms with E-state index in [2.05, 4.69) is 22.9 Å². The van der Waals surface area contributed by atoms with Crippen molar-refractivity contribution >= 4 is 17.8 Å². The van der Waals surface area contributed by atoms with E-state index >= 15 is 0 Å². The Morgan fingerprint density at radius 3 is 2.42 bits per heavy atom. The average molecular weight is 428 g/mol. The van der Waals surface area contributed by atoms with Crippen LogP contribution < -0.4 is 20.7 Å². The molecule has 0 aromatic heterocycles. The molecule has 2 rings (SSSR count). The molecular formula is C24H33N3O4. The fraction of sp³-hybridized carbons (Fsp3) is 0.417. The molecule has 0 fully saturated rings. The fourth-order valence-electron chi connectivity index (χ4n) is 2.95. The lowest BCUT2D eigenvalue weighted by molar-refractivity contribution is 0.200. The number of carbonyl (C=O) groups is 2. The monoisotopic (exact) mass is 427 g/mol. The summed E-state index contributed by atoms with van der Waals surface area (Å²) in [5, 5.41) is 18.7. The summed E-state index contributed by atoms with van der Waals surface area (Å²) in [5.41, 5.74) is 1.34.